The van der Waals surface area contributed by atoms with Crippen molar-refractivity contribution < 1.29 is 14.6 Å². The SMILES string of the molecule is CCCc1nc2scc(C(=O)O)c2c(=O)n1CCCCOc1ccc(Cl)cc1. The highest BCUT2D eigenvalue weighted by molar-refractivity contribution is 7.17. The molecule has 0 aliphatic heterocycles. The number of thiophene rings is 1. The van der Waals surface area contributed by atoms with Crippen LogP contribution in [0.1, 0.15) is 42.4 Å². The van der Waals surface area contributed by atoms with Crippen LogP contribution in [0.2, 0.25) is 5.02 Å². The van der Waals surface area contributed by atoms with Gasteiger partial charge in [-0.2, -0.15) is 0 Å². The van der Waals surface area contributed by atoms with Gasteiger partial charge in [0.2, 0.25) is 0 Å². The van der Waals surface area contributed by atoms with Crippen molar-refractivity contribution in [2.75, 3.05) is 6.61 Å². The number of aromatic carboxylic acids is 1. The average molecular weight is 421 g/mol. The maximum Gasteiger partial charge on any atom is 0.337 e. The van der Waals surface area contributed by atoms with Gasteiger partial charge in [0.1, 0.15) is 16.4 Å². The van der Waals surface area contributed by atoms with E-state index in [0.29, 0.717) is 35.2 Å². The van der Waals surface area contributed by atoms with Gasteiger partial charge in [0, 0.05) is 23.4 Å². The number of hydrogen-bond acceptors (Lipinski definition) is 5. The van der Waals surface area contributed by atoms with Crippen LogP contribution in [0.5, 0.6) is 5.75 Å². The number of halogens is 1. The molecule has 0 saturated heterocycles. The van der Waals surface area contributed by atoms with Crippen LogP contribution in [0.15, 0.2) is 34.4 Å². The quantitative estimate of drug-likeness (QED) is 0.511. The summed E-state index contributed by atoms with van der Waals surface area (Å²) in [5, 5.41) is 11.7. The van der Waals surface area contributed by atoms with E-state index in [0.717, 1.165) is 25.0 Å². The Morgan fingerprint density at radius 2 is 2.04 bits per heavy atom. The van der Waals surface area contributed by atoms with Crippen molar-refractivity contribution in [3.8, 4) is 5.75 Å². The largest absolute Gasteiger partial charge is 0.494 e. The van der Waals surface area contributed by atoms with Gasteiger partial charge in [0.15, 0.2) is 0 Å². The molecule has 0 radical (unpaired) electrons. The molecule has 2 aromatic heterocycles. The third-order valence-electron chi connectivity index (χ3n) is 4.34. The van der Waals surface area contributed by atoms with E-state index in [9.17, 15) is 14.7 Å². The summed E-state index contributed by atoms with van der Waals surface area (Å²) < 4.78 is 7.30. The molecule has 0 unspecified atom stereocenters. The molecule has 0 amide bonds. The first kappa shape index (κ1) is 20.4. The normalized spacial score (nSPS) is 11.1. The molecule has 1 N–H and O–H groups in total. The van der Waals surface area contributed by atoms with E-state index in [1.807, 2.05) is 19.1 Å². The van der Waals surface area contributed by atoms with Crippen molar-refractivity contribution in [2.45, 2.75) is 39.2 Å². The number of hydrogen-bond donors (Lipinski definition) is 1. The Labute approximate surface area is 171 Å². The van der Waals surface area contributed by atoms with E-state index < -0.39 is 5.97 Å². The maximum atomic E-state index is 13.0. The lowest BCUT2D eigenvalue weighted by Gasteiger charge is -2.12. The fraction of sp³-hybridized carbons (Fsp3) is 0.350. The number of aromatic nitrogens is 2. The topological polar surface area (TPSA) is 81.4 Å². The third kappa shape index (κ3) is 4.54. The number of carboxylic acids is 1. The Morgan fingerprint density at radius 1 is 1.29 bits per heavy atom. The summed E-state index contributed by atoms with van der Waals surface area (Å²) in [6, 6.07) is 7.17. The molecule has 0 aliphatic rings. The summed E-state index contributed by atoms with van der Waals surface area (Å²) >= 11 is 7.05. The molecule has 2 heterocycles. The lowest BCUT2D eigenvalue weighted by Crippen LogP contribution is -2.26. The van der Waals surface area contributed by atoms with Crippen LogP contribution in [0.25, 0.3) is 10.2 Å². The summed E-state index contributed by atoms with van der Waals surface area (Å²) in [5.41, 5.74) is -0.244. The Hall–Kier alpha value is -2.38. The van der Waals surface area contributed by atoms with E-state index in [2.05, 4.69) is 4.98 Å². The highest BCUT2D eigenvalue weighted by atomic mass is 35.5. The molecule has 3 aromatic rings. The van der Waals surface area contributed by atoms with Gasteiger partial charge in [-0.1, -0.05) is 18.5 Å². The Kier molecular flexibility index (Phi) is 6.70. The predicted octanol–water partition coefficient (Wildman–Crippen LogP) is 4.62. The zero-order chi connectivity index (χ0) is 20.1. The second-order valence-corrected chi connectivity index (χ2v) is 7.67. The molecule has 0 fully saturated rings. The van der Waals surface area contributed by atoms with Crippen molar-refractivity contribution >= 4 is 39.1 Å². The molecule has 3 rings (SSSR count). The van der Waals surface area contributed by atoms with E-state index in [-0.39, 0.29) is 16.5 Å². The summed E-state index contributed by atoms with van der Waals surface area (Å²) in [5.74, 6) is 0.356. The molecule has 1 aromatic carbocycles. The zero-order valence-corrected chi connectivity index (χ0v) is 17.1. The first-order valence-corrected chi connectivity index (χ1v) is 10.4. The number of aryl methyl sites for hydroxylation is 1. The van der Waals surface area contributed by atoms with Crippen molar-refractivity contribution in [3.05, 3.63) is 56.4 Å². The van der Waals surface area contributed by atoms with Crippen LogP contribution in [0.4, 0.5) is 0 Å². The summed E-state index contributed by atoms with van der Waals surface area (Å²) in [6.45, 7) is 3.03. The van der Waals surface area contributed by atoms with Crippen LogP contribution in [-0.4, -0.2) is 27.2 Å². The lowest BCUT2D eigenvalue weighted by molar-refractivity contribution is 0.0699. The van der Waals surface area contributed by atoms with Crippen molar-refractivity contribution in [3.63, 3.8) is 0 Å². The molecule has 0 atom stereocenters. The fourth-order valence-electron chi connectivity index (χ4n) is 2.96. The van der Waals surface area contributed by atoms with Crippen molar-refractivity contribution in [2.24, 2.45) is 0 Å². The number of fused-ring (bicyclic) bond motifs is 1. The van der Waals surface area contributed by atoms with Gasteiger partial charge >= 0.3 is 5.97 Å². The number of rotatable bonds is 9. The minimum absolute atomic E-state index is 0.0281. The van der Waals surface area contributed by atoms with Gasteiger partial charge in [-0.3, -0.25) is 9.36 Å². The molecule has 0 bridgehead atoms. The summed E-state index contributed by atoms with van der Waals surface area (Å²) in [6.07, 6.45) is 3.01. The van der Waals surface area contributed by atoms with Crippen LogP contribution in [0.3, 0.4) is 0 Å². The number of unbranched alkanes of at least 4 members (excludes halogenated alkanes) is 1. The standard InChI is InChI=1S/C20H21ClN2O4S/c1-2-5-16-22-18-17(15(12-28-18)20(25)26)19(24)23(16)10-3-4-11-27-14-8-6-13(21)7-9-14/h6-9,12H,2-5,10-11H2,1H3,(H,25,26). The molecular formula is C20H21ClN2O4S. The first-order valence-electron chi connectivity index (χ1n) is 9.13. The van der Waals surface area contributed by atoms with E-state index >= 15 is 0 Å². The lowest BCUT2D eigenvalue weighted by atomic mass is 10.2. The highest BCUT2D eigenvalue weighted by Gasteiger charge is 2.19. The second-order valence-electron chi connectivity index (χ2n) is 6.38. The number of carbonyl (C=O) groups is 1. The van der Waals surface area contributed by atoms with Crippen LogP contribution >= 0.6 is 22.9 Å². The molecule has 0 saturated carbocycles. The average Bonchev–Trinajstić information content (AvgIpc) is 3.10. The van der Waals surface area contributed by atoms with Crippen molar-refractivity contribution in [1.29, 1.82) is 0 Å². The predicted molar refractivity (Wildman–Crippen MR) is 111 cm³/mol. The van der Waals surface area contributed by atoms with Gasteiger partial charge in [-0.05, 0) is 43.5 Å². The van der Waals surface area contributed by atoms with Crippen LogP contribution in [0, 0.1) is 0 Å². The number of ether oxygens (including phenoxy) is 1. The van der Waals surface area contributed by atoms with Gasteiger partial charge in [-0.15, -0.1) is 11.3 Å². The fourth-order valence-corrected chi connectivity index (χ4v) is 4.01. The van der Waals surface area contributed by atoms with Gasteiger partial charge in [0.25, 0.3) is 5.56 Å². The van der Waals surface area contributed by atoms with Crippen LogP contribution in [-0.2, 0) is 13.0 Å². The molecule has 28 heavy (non-hydrogen) atoms. The van der Waals surface area contributed by atoms with E-state index in [1.165, 1.54) is 16.7 Å². The number of carboxylic acid groups (broad SMARTS) is 1. The van der Waals surface area contributed by atoms with Gasteiger partial charge in [0.05, 0.1) is 17.6 Å². The minimum Gasteiger partial charge on any atom is -0.494 e. The number of nitrogens with zero attached hydrogens (tertiary/aromatic N) is 2. The molecular weight excluding hydrogens is 400 g/mol. The molecule has 6 nitrogen and oxygen atoms in total. The maximum absolute atomic E-state index is 13.0. The Balaban J connectivity index is 1.71. The van der Waals surface area contributed by atoms with Gasteiger partial charge < -0.3 is 9.84 Å². The van der Waals surface area contributed by atoms with Crippen molar-refractivity contribution in [1.82, 2.24) is 9.55 Å². The number of benzene rings is 1. The van der Waals surface area contributed by atoms with E-state index in [1.54, 1.807) is 16.7 Å². The van der Waals surface area contributed by atoms with Gasteiger partial charge in [-0.25, -0.2) is 9.78 Å². The minimum atomic E-state index is -1.10. The monoisotopic (exact) mass is 420 g/mol. The smallest absolute Gasteiger partial charge is 0.337 e. The molecule has 0 spiro atoms. The summed E-state index contributed by atoms with van der Waals surface area (Å²) in [7, 11) is 0. The second kappa shape index (κ2) is 9.21. The Morgan fingerprint density at radius 3 is 2.71 bits per heavy atom. The zero-order valence-electron chi connectivity index (χ0n) is 15.5. The molecule has 148 valence electrons. The summed E-state index contributed by atoms with van der Waals surface area (Å²) in [4.78, 5) is 29.4. The molecule has 0 aliphatic carbocycles. The third-order valence-corrected chi connectivity index (χ3v) is 5.46. The van der Waals surface area contributed by atoms with E-state index in [4.69, 9.17) is 16.3 Å². The first-order chi connectivity index (χ1) is 13.5. The molecule has 8 heteroatoms. The Bertz CT molecular complexity index is 1030. The van der Waals surface area contributed by atoms with Crippen LogP contribution < -0.4 is 10.3 Å². The highest BCUT2D eigenvalue weighted by Crippen LogP contribution is 2.22.